The van der Waals surface area contributed by atoms with Crippen LogP contribution in [0.4, 0.5) is 10.1 Å². The first-order valence-corrected chi connectivity index (χ1v) is 7.86. The van der Waals surface area contributed by atoms with Crippen LogP contribution in [0.2, 0.25) is 0 Å². The summed E-state index contributed by atoms with van der Waals surface area (Å²) in [5.41, 5.74) is 0.831. The highest BCUT2D eigenvalue weighted by Gasteiger charge is 2.44. The number of benzene rings is 1. The zero-order chi connectivity index (χ0) is 16.8. The molecule has 4 rings (SSSR count). The van der Waals surface area contributed by atoms with E-state index < -0.39 is 11.4 Å². The van der Waals surface area contributed by atoms with Gasteiger partial charge in [0, 0.05) is 24.2 Å². The van der Waals surface area contributed by atoms with E-state index in [1.807, 2.05) is 0 Å². The van der Waals surface area contributed by atoms with Gasteiger partial charge in [-0.3, -0.25) is 10.2 Å². The Morgan fingerprint density at radius 2 is 2.29 bits per heavy atom. The molecule has 124 valence electrons. The molecule has 1 fully saturated rings. The first-order valence-electron chi connectivity index (χ1n) is 7.86. The average molecular weight is 328 g/mol. The van der Waals surface area contributed by atoms with Crippen LogP contribution >= 0.6 is 0 Å². The molecule has 0 radical (unpaired) electrons. The van der Waals surface area contributed by atoms with Crippen molar-refractivity contribution in [2.24, 2.45) is 10.9 Å². The molecule has 24 heavy (non-hydrogen) atoms. The van der Waals surface area contributed by atoms with Crippen molar-refractivity contribution in [1.82, 2.24) is 15.5 Å². The molecule has 0 unspecified atom stereocenters. The number of aliphatic imine (C=N–C) groups is 1. The van der Waals surface area contributed by atoms with Gasteiger partial charge in [0.05, 0.1) is 17.0 Å². The third kappa shape index (κ3) is 2.17. The predicted molar refractivity (Wildman–Crippen MR) is 90.5 cm³/mol. The molecular weight excluding hydrogens is 311 g/mol. The van der Waals surface area contributed by atoms with Crippen LogP contribution < -0.4 is 16.2 Å². The standard InChI is InChI=1S/C16H17FN6O/c1-19-15(20-6-18)12-13(7-2-3-7)21-10-5-8(17)4-9-11(10)14(12)22-23-16(9)24/h4-7,12-13,21H,2-3H2,1H3,(H,23,24)(H2,18,19,20)/t12-,13-/m1/s1. The van der Waals surface area contributed by atoms with Crippen molar-refractivity contribution in [2.45, 2.75) is 24.8 Å². The van der Waals surface area contributed by atoms with Gasteiger partial charge < -0.3 is 10.6 Å². The quantitative estimate of drug-likeness (QED) is 0.507. The number of amidine groups is 1. The van der Waals surface area contributed by atoms with Crippen LogP contribution in [0.15, 0.2) is 21.9 Å². The molecule has 7 nitrogen and oxygen atoms in total. The fourth-order valence-electron chi connectivity index (χ4n) is 3.58. The van der Waals surface area contributed by atoms with Crippen molar-refractivity contribution >= 4 is 28.6 Å². The second-order valence-corrected chi connectivity index (χ2v) is 6.19. The van der Waals surface area contributed by atoms with Gasteiger partial charge in [-0.2, -0.15) is 5.10 Å². The summed E-state index contributed by atoms with van der Waals surface area (Å²) in [5.74, 6) is 0.341. The SMILES string of the molecule is CN/C(=N\C=N)[C@H]1c2n[nH]c(=O)c3cc(F)cc(c23)N[C@@H]1C1CC1. The van der Waals surface area contributed by atoms with Gasteiger partial charge in [0.15, 0.2) is 0 Å². The molecule has 2 atom stereocenters. The number of rotatable bonds is 3. The number of nitrogens with one attached hydrogen (secondary N) is 4. The Kier molecular flexibility index (Phi) is 3.33. The van der Waals surface area contributed by atoms with Crippen LogP contribution in [0.1, 0.15) is 24.5 Å². The Bertz CT molecular complexity index is 917. The van der Waals surface area contributed by atoms with Crippen molar-refractivity contribution in [3.63, 3.8) is 0 Å². The summed E-state index contributed by atoms with van der Waals surface area (Å²) in [6, 6.07) is 2.63. The molecule has 0 amide bonds. The molecule has 2 heterocycles. The van der Waals surface area contributed by atoms with E-state index in [0.717, 1.165) is 19.2 Å². The molecule has 1 aliphatic carbocycles. The molecule has 1 saturated carbocycles. The smallest absolute Gasteiger partial charge is 0.272 e. The highest BCUT2D eigenvalue weighted by molar-refractivity contribution is 6.03. The number of halogens is 1. The molecular formula is C16H17FN6O. The van der Waals surface area contributed by atoms with Gasteiger partial charge in [-0.1, -0.05) is 0 Å². The second-order valence-electron chi connectivity index (χ2n) is 6.19. The Hall–Kier alpha value is -2.77. The zero-order valence-electron chi connectivity index (χ0n) is 13.1. The van der Waals surface area contributed by atoms with Gasteiger partial charge in [0.2, 0.25) is 0 Å². The van der Waals surface area contributed by atoms with Gasteiger partial charge in [0.1, 0.15) is 18.0 Å². The molecule has 1 aromatic heterocycles. The lowest BCUT2D eigenvalue weighted by molar-refractivity contribution is 0.570. The summed E-state index contributed by atoms with van der Waals surface area (Å²) in [4.78, 5) is 16.2. The second kappa shape index (κ2) is 5.40. The Balaban J connectivity index is 2.01. The van der Waals surface area contributed by atoms with Crippen LogP contribution in [0, 0.1) is 17.1 Å². The third-order valence-electron chi connectivity index (χ3n) is 4.74. The maximum Gasteiger partial charge on any atom is 0.272 e. The minimum atomic E-state index is -0.456. The first kappa shape index (κ1) is 14.8. The number of nitrogens with zero attached hydrogens (tertiary/aromatic N) is 2. The van der Waals surface area contributed by atoms with Crippen LogP contribution in [0.5, 0.6) is 0 Å². The van der Waals surface area contributed by atoms with E-state index in [4.69, 9.17) is 5.41 Å². The maximum absolute atomic E-state index is 13.9. The fourth-order valence-corrected chi connectivity index (χ4v) is 3.58. The molecule has 2 aliphatic rings. The van der Waals surface area contributed by atoms with E-state index >= 15 is 0 Å². The van der Waals surface area contributed by atoms with Crippen molar-refractivity contribution in [3.8, 4) is 0 Å². The van der Waals surface area contributed by atoms with Crippen LogP contribution in [-0.4, -0.2) is 35.5 Å². The van der Waals surface area contributed by atoms with Crippen LogP contribution in [0.3, 0.4) is 0 Å². The number of H-pyrrole nitrogens is 1. The molecule has 0 spiro atoms. The van der Waals surface area contributed by atoms with Gasteiger partial charge in [-0.05, 0) is 30.9 Å². The number of aromatic nitrogens is 2. The summed E-state index contributed by atoms with van der Waals surface area (Å²) in [6.45, 7) is 0. The molecule has 0 saturated heterocycles. The van der Waals surface area contributed by atoms with E-state index in [9.17, 15) is 9.18 Å². The summed E-state index contributed by atoms with van der Waals surface area (Å²) in [5, 5.41) is 21.3. The average Bonchev–Trinajstić information content (AvgIpc) is 3.40. The third-order valence-corrected chi connectivity index (χ3v) is 4.74. The molecule has 1 aromatic carbocycles. The highest BCUT2D eigenvalue weighted by atomic mass is 19.1. The summed E-state index contributed by atoms with van der Waals surface area (Å²) >= 11 is 0. The van der Waals surface area contributed by atoms with Crippen molar-refractivity contribution in [3.05, 3.63) is 34.0 Å². The molecule has 4 N–H and O–H groups in total. The van der Waals surface area contributed by atoms with E-state index in [0.29, 0.717) is 28.5 Å². The predicted octanol–water partition coefficient (Wildman–Crippen LogP) is 1.57. The van der Waals surface area contributed by atoms with Gasteiger partial charge in [-0.25, -0.2) is 14.5 Å². The van der Waals surface area contributed by atoms with E-state index in [-0.39, 0.29) is 17.3 Å². The van der Waals surface area contributed by atoms with Crippen LogP contribution in [0.25, 0.3) is 10.8 Å². The van der Waals surface area contributed by atoms with Crippen LogP contribution in [-0.2, 0) is 0 Å². The lowest BCUT2D eigenvalue weighted by Gasteiger charge is -2.34. The molecule has 1 aliphatic heterocycles. The largest absolute Gasteiger partial charge is 0.380 e. The van der Waals surface area contributed by atoms with E-state index in [1.165, 1.54) is 12.1 Å². The first-order chi connectivity index (χ1) is 11.6. The number of likely N-dealkylation sites (N-methyl/N-ethyl adjacent to an activating group) is 1. The lowest BCUT2D eigenvalue weighted by atomic mass is 9.84. The van der Waals surface area contributed by atoms with Gasteiger partial charge >= 0.3 is 0 Å². The van der Waals surface area contributed by atoms with Crippen molar-refractivity contribution in [2.75, 3.05) is 12.4 Å². The number of aromatic amines is 1. The monoisotopic (exact) mass is 328 g/mol. The molecule has 0 bridgehead atoms. The normalized spacial score (nSPS) is 23.0. The van der Waals surface area contributed by atoms with E-state index in [1.54, 1.807) is 7.05 Å². The van der Waals surface area contributed by atoms with E-state index in [2.05, 4.69) is 25.8 Å². The summed E-state index contributed by atoms with van der Waals surface area (Å²) < 4.78 is 13.9. The van der Waals surface area contributed by atoms with Gasteiger partial charge in [0.25, 0.3) is 5.56 Å². The highest BCUT2D eigenvalue weighted by Crippen LogP contribution is 2.46. The molecule has 8 heteroatoms. The number of hydrogen-bond donors (Lipinski definition) is 4. The Labute approximate surface area is 136 Å². The fraction of sp³-hybridized carbons (Fsp3) is 0.375. The summed E-state index contributed by atoms with van der Waals surface area (Å²) in [7, 11) is 1.75. The molecule has 2 aromatic rings. The Morgan fingerprint density at radius 1 is 1.50 bits per heavy atom. The van der Waals surface area contributed by atoms with Crippen molar-refractivity contribution < 1.29 is 4.39 Å². The van der Waals surface area contributed by atoms with Crippen molar-refractivity contribution in [1.29, 1.82) is 5.41 Å². The minimum absolute atomic E-state index is 0.00736. The topological polar surface area (TPSA) is 106 Å². The Morgan fingerprint density at radius 3 is 2.96 bits per heavy atom. The maximum atomic E-state index is 13.9. The zero-order valence-corrected chi connectivity index (χ0v) is 13.1. The summed E-state index contributed by atoms with van der Waals surface area (Å²) in [6.07, 6.45) is 3.14. The van der Waals surface area contributed by atoms with Gasteiger partial charge in [-0.15, -0.1) is 0 Å². The number of hydrogen-bond acceptors (Lipinski definition) is 4. The number of anilines is 1. The lowest BCUT2D eigenvalue weighted by Crippen LogP contribution is -2.43. The minimum Gasteiger partial charge on any atom is -0.380 e.